The molecule has 0 bridgehead atoms. The number of ether oxygens (including phenoxy) is 2. The molecule has 3 heterocycles. The van der Waals surface area contributed by atoms with Crippen molar-refractivity contribution in [3.8, 4) is 28.7 Å². The van der Waals surface area contributed by atoms with Crippen LogP contribution in [0, 0.1) is 11.3 Å². The molecule has 1 aliphatic rings. The molecule has 270 valence electrons. The van der Waals surface area contributed by atoms with Crippen LogP contribution in [0.15, 0.2) is 77.5 Å². The zero-order valence-corrected chi connectivity index (χ0v) is 30.6. The van der Waals surface area contributed by atoms with Crippen molar-refractivity contribution in [2.24, 2.45) is 0 Å². The summed E-state index contributed by atoms with van der Waals surface area (Å²) in [5.41, 5.74) is 5.47. The Labute approximate surface area is 314 Å². The molecule has 0 aliphatic carbocycles. The molecule has 0 amide bonds. The van der Waals surface area contributed by atoms with Gasteiger partial charge >= 0.3 is 5.97 Å². The fraction of sp³-hybridized carbons (Fsp3) is 0.316. The summed E-state index contributed by atoms with van der Waals surface area (Å²) in [6.45, 7) is 3.10. The number of carbonyl (C=O) groups is 1. The number of aliphatic hydroxyl groups is 2. The lowest BCUT2D eigenvalue weighted by Gasteiger charge is -2.18. The number of nitrogens with one attached hydrogen (secondary N) is 1. The predicted octanol–water partition coefficient (Wildman–Crippen LogP) is 5.54. The first kappa shape index (κ1) is 37.2. The van der Waals surface area contributed by atoms with Gasteiger partial charge in [0.1, 0.15) is 42.5 Å². The van der Waals surface area contributed by atoms with E-state index in [4.69, 9.17) is 26.2 Å². The van der Waals surface area contributed by atoms with Crippen molar-refractivity contribution >= 4 is 44.4 Å². The quantitative estimate of drug-likeness (QED) is 0.0993. The standard InChI is InChI=1S/C38H38BrClN6O6/c39-37-25(4-1-6-30(37)29-5-2-7-34-31(29)19-44-46(34)12-3-11-45-13-9-28(48)20-45)23-52-36-16-35(51-22-24-8-10-42-27(14-24)17-41)26(15-32(36)40)18-43-33(21-47)38(49)50/h1-2,4-8,10,14-16,19,28,33,43,47-48H,3,9,11-13,18,20-23H2,(H,49,50)/t28-,33+/m1/s1. The number of aliphatic hydroxyl groups excluding tert-OH is 2. The summed E-state index contributed by atoms with van der Waals surface area (Å²) in [7, 11) is 0. The number of aromatic nitrogens is 3. The Morgan fingerprint density at radius 1 is 1.08 bits per heavy atom. The predicted molar refractivity (Wildman–Crippen MR) is 199 cm³/mol. The van der Waals surface area contributed by atoms with Gasteiger partial charge in [0.25, 0.3) is 0 Å². The van der Waals surface area contributed by atoms with Gasteiger partial charge in [-0.2, -0.15) is 10.4 Å². The van der Waals surface area contributed by atoms with Crippen molar-refractivity contribution in [2.75, 3.05) is 26.2 Å². The van der Waals surface area contributed by atoms with Gasteiger partial charge in [0, 0.05) is 66.0 Å². The highest BCUT2D eigenvalue weighted by Gasteiger charge is 2.21. The number of aryl methyl sites for hydroxylation is 1. The molecule has 0 saturated carbocycles. The highest BCUT2D eigenvalue weighted by Crippen LogP contribution is 2.38. The first-order valence-corrected chi connectivity index (χ1v) is 18.0. The largest absolute Gasteiger partial charge is 0.488 e. The molecule has 2 atom stereocenters. The highest BCUT2D eigenvalue weighted by atomic mass is 79.9. The Morgan fingerprint density at radius 3 is 2.65 bits per heavy atom. The smallest absolute Gasteiger partial charge is 0.323 e. The van der Waals surface area contributed by atoms with Crippen LogP contribution in [0.25, 0.3) is 22.0 Å². The molecule has 12 nitrogen and oxygen atoms in total. The second kappa shape index (κ2) is 17.3. The van der Waals surface area contributed by atoms with E-state index in [1.54, 1.807) is 24.3 Å². The number of carboxylic acids is 1. The topological polar surface area (TPSA) is 166 Å². The minimum Gasteiger partial charge on any atom is -0.488 e. The van der Waals surface area contributed by atoms with Crippen LogP contribution in [0.5, 0.6) is 11.5 Å². The Balaban J connectivity index is 1.20. The molecule has 52 heavy (non-hydrogen) atoms. The van der Waals surface area contributed by atoms with E-state index in [1.165, 1.54) is 6.20 Å². The van der Waals surface area contributed by atoms with Gasteiger partial charge in [-0.15, -0.1) is 0 Å². The van der Waals surface area contributed by atoms with E-state index >= 15 is 0 Å². The van der Waals surface area contributed by atoms with E-state index in [0.717, 1.165) is 71.1 Å². The number of nitriles is 1. The summed E-state index contributed by atoms with van der Waals surface area (Å²) in [6, 6.07) is 19.7. The SMILES string of the molecule is N#Cc1cc(COc2cc(OCc3cccc(-c4cccc5c4cnn5CCCN4CC[C@@H](O)C4)c3Br)c(Cl)cc2CN[C@@H](CO)C(=O)O)ccn1. The van der Waals surface area contributed by atoms with E-state index in [9.17, 15) is 25.4 Å². The lowest BCUT2D eigenvalue weighted by Crippen LogP contribution is -2.39. The van der Waals surface area contributed by atoms with Crippen molar-refractivity contribution in [3.63, 3.8) is 0 Å². The second-order valence-corrected chi connectivity index (χ2v) is 13.8. The summed E-state index contributed by atoms with van der Waals surface area (Å²) in [5.74, 6) is -0.447. The molecule has 1 fully saturated rings. The van der Waals surface area contributed by atoms with Gasteiger partial charge < -0.3 is 29.7 Å². The maximum absolute atomic E-state index is 11.5. The van der Waals surface area contributed by atoms with Crippen LogP contribution in [0.3, 0.4) is 0 Å². The van der Waals surface area contributed by atoms with Gasteiger partial charge in [0.05, 0.1) is 29.4 Å². The van der Waals surface area contributed by atoms with E-state index < -0.39 is 18.6 Å². The normalized spacial score (nSPS) is 15.1. The Hall–Kier alpha value is -4.55. The van der Waals surface area contributed by atoms with Crippen molar-refractivity contribution in [1.82, 2.24) is 25.0 Å². The summed E-state index contributed by atoms with van der Waals surface area (Å²) in [5, 5.41) is 46.8. The van der Waals surface area contributed by atoms with E-state index in [1.807, 2.05) is 41.2 Å². The van der Waals surface area contributed by atoms with E-state index in [-0.39, 0.29) is 31.6 Å². The third kappa shape index (κ3) is 8.90. The number of hydrogen-bond acceptors (Lipinski definition) is 10. The number of nitrogens with zero attached hydrogens (tertiary/aromatic N) is 5. The van der Waals surface area contributed by atoms with Crippen molar-refractivity contribution in [3.05, 3.63) is 105 Å². The minimum absolute atomic E-state index is 0.0466. The fourth-order valence-corrected chi connectivity index (χ4v) is 7.07. The average molecular weight is 790 g/mol. The molecule has 14 heteroatoms. The summed E-state index contributed by atoms with van der Waals surface area (Å²) in [4.78, 5) is 17.8. The molecule has 0 spiro atoms. The maximum atomic E-state index is 11.5. The zero-order valence-electron chi connectivity index (χ0n) is 28.2. The number of benzene rings is 3. The first-order chi connectivity index (χ1) is 25.2. The molecule has 2 aromatic heterocycles. The van der Waals surface area contributed by atoms with Crippen molar-refractivity contribution < 1.29 is 29.6 Å². The van der Waals surface area contributed by atoms with Crippen molar-refractivity contribution in [1.29, 1.82) is 5.26 Å². The number of aliphatic carboxylic acids is 1. The zero-order chi connectivity index (χ0) is 36.6. The van der Waals surface area contributed by atoms with Gasteiger partial charge in [0.2, 0.25) is 0 Å². The van der Waals surface area contributed by atoms with Crippen LogP contribution >= 0.6 is 27.5 Å². The number of likely N-dealkylation sites (tertiary alicyclic amines) is 1. The number of rotatable bonds is 16. The molecule has 0 unspecified atom stereocenters. The lowest BCUT2D eigenvalue weighted by molar-refractivity contribution is -0.140. The number of β-amino-alcohol motifs (C(OH)–C–C–N with tert-alkyl or cyclic N) is 1. The first-order valence-electron chi connectivity index (χ1n) is 16.9. The summed E-state index contributed by atoms with van der Waals surface area (Å²) in [6.07, 6.45) is 4.98. The van der Waals surface area contributed by atoms with Gasteiger partial charge in [-0.25, -0.2) is 4.98 Å². The highest BCUT2D eigenvalue weighted by molar-refractivity contribution is 9.10. The van der Waals surface area contributed by atoms with E-state index in [0.29, 0.717) is 27.6 Å². The van der Waals surface area contributed by atoms with Crippen LogP contribution < -0.4 is 14.8 Å². The number of halogens is 2. The maximum Gasteiger partial charge on any atom is 0.323 e. The Kier molecular flexibility index (Phi) is 12.4. The monoisotopic (exact) mass is 788 g/mol. The number of fused-ring (bicyclic) bond motifs is 1. The van der Waals surface area contributed by atoms with E-state index in [2.05, 4.69) is 43.3 Å². The molecular weight excluding hydrogens is 752 g/mol. The van der Waals surface area contributed by atoms with Crippen LogP contribution in [0.2, 0.25) is 5.02 Å². The van der Waals surface area contributed by atoms with Crippen LogP contribution in [-0.2, 0) is 31.1 Å². The molecule has 6 rings (SSSR count). The number of hydrogen-bond donors (Lipinski definition) is 4. The van der Waals surface area contributed by atoms with Gasteiger partial charge in [0.15, 0.2) is 0 Å². The minimum atomic E-state index is -1.19. The average Bonchev–Trinajstić information content (AvgIpc) is 3.77. The molecule has 1 aliphatic heterocycles. The molecule has 3 aromatic carbocycles. The van der Waals surface area contributed by atoms with Crippen LogP contribution in [0.1, 0.15) is 35.2 Å². The molecule has 5 aromatic rings. The Morgan fingerprint density at radius 2 is 1.88 bits per heavy atom. The second-order valence-electron chi connectivity index (χ2n) is 12.6. The molecule has 4 N–H and O–H groups in total. The molecular formula is C38H38BrClN6O6. The van der Waals surface area contributed by atoms with Crippen LogP contribution in [0.4, 0.5) is 0 Å². The van der Waals surface area contributed by atoms with Gasteiger partial charge in [-0.05, 0) is 69.7 Å². The van der Waals surface area contributed by atoms with Gasteiger partial charge in [-0.1, -0.05) is 41.9 Å². The van der Waals surface area contributed by atoms with Crippen LogP contribution in [-0.4, -0.2) is 79.3 Å². The third-order valence-electron chi connectivity index (χ3n) is 9.00. The molecule has 0 radical (unpaired) electrons. The van der Waals surface area contributed by atoms with Gasteiger partial charge in [-0.3, -0.25) is 14.8 Å². The summed E-state index contributed by atoms with van der Waals surface area (Å²) >= 11 is 10.5. The lowest BCUT2D eigenvalue weighted by atomic mass is 10.00. The number of pyridine rings is 1. The fourth-order valence-electron chi connectivity index (χ4n) is 6.24. The molecule has 1 saturated heterocycles. The third-order valence-corrected chi connectivity index (χ3v) is 10.2. The Bertz CT molecular complexity index is 2090. The number of carboxylic acid groups (broad SMARTS) is 1. The van der Waals surface area contributed by atoms with Crippen molar-refractivity contribution in [2.45, 2.75) is 51.3 Å². The summed E-state index contributed by atoms with van der Waals surface area (Å²) < 4.78 is 15.3.